The molecule has 132 valence electrons. The largest absolute Gasteiger partial charge is 0.325 e. The zero-order valence-corrected chi connectivity index (χ0v) is 15.2. The number of hydrogen-bond donors (Lipinski definition) is 1. The molecule has 0 fully saturated rings. The van der Waals surface area contributed by atoms with Crippen LogP contribution in [-0.2, 0) is 11.3 Å². The topological polar surface area (TPSA) is 64.0 Å². The van der Waals surface area contributed by atoms with Crippen molar-refractivity contribution in [1.82, 2.24) is 9.55 Å². The van der Waals surface area contributed by atoms with E-state index in [1.807, 2.05) is 31.2 Å². The monoisotopic (exact) mass is 367 g/mol. The summed E-state index contributed by atoms with van der Waals surface area (Å²) in [6, 6.07) is 15.9. The van der Waals surface area contributed by atoms with Gasteiger partial charge in [0.15, 0.2) is 0 Å². The van der Waals surface area contributed by atoms with Crippen LogP contribution in [0.2, 0.25) is 5.02 Å². The van der Waals surface area contributed by atoms with E-state index < -0.39 is 0 Å². The lowest BCUT2D eigenvalue weighted by molar-refractivity contribution is -0.116. The fourth-order valence-corrected chi connectivity index (χ4v) is 2.88. The SMILES string of the molecule is Cc1cccc(NC(=O)Cn2c(-c3cccc(Cl)c3)nc(C)cc2=O)c1. The van der Waals surface area contributed by atoms with Crippen LogP contribution in [-0.4, -0.2) is 15.5 Å². The minimum Gasteiger partial charge on any atom is -0.325 e. The number of aryl methyl sites for hydroxylation is 2. The lowest BCUT2D eigenvalue weighted by Crippen LogP contribution is -2.29. The fourth-order valence-electron chi connectivity index (χ4n) is 2.69. The van der Waals surface area contributed by atoms with Crippen LogP contribution >= 0.6 is 11.6 Å². The molecule has 6 heteroatoms. The number of aromatic nitrogens is 2. The lowest BCUT2D eigenvalue weighted by Gasteiger charge is -2.13. The van der Waals surface area contributed by atoms with E-state index in [0.29, 0.717) is 27.8 Å². The molecule has 0 aliphatic carbocycles. The van der Waals surface area contributed by atoms with E-state index in [0.717, 1.165) is 5.56 Å². The van der Waals surface area contributed by atoms with Crippen LogP contribution in [0.4, 0.5) is 5.69 Å². The number of carbonyl (C=O) groups excluding carboxylic acids is 1. The van der Waals surface area contributed by atoms with Crippen molar-refractivity contribution in [2.75, 3.05) is 5.32 Å². The van der Waals surface area contributed by atoms with Crippen molar-refractivity contribution in [3.63, 3.8) is 0 Å². The van der Waals surface area contributed by atoms with Gasteiger partial charge in [0.2, 0.25) is 5.91 Å². The molecule has 0 aliphatic heterocycles. The number of anilines is 1. The molecule has 0 saturated carbocycles. The van der Waals surface area contributed by atoms with Gasteiger partial charge in [-0.05, 0) is 43.7 Å². The summed E-state index contributed by atoms with van der Waals surface area (Å²) in [7, 11) is 0. The van der Waals surface area contributed by atoms with E-state index >= 15 is 0 Å². The van der Waals surface area contributed by atoms with Gasteiger partial charge in [-0.25, -0.2) is 4.98 Å². The van der Waals surface area contributed by atoms with Gasteiger partial charge >= 0.3 is 0 Å². The number of hydrogen-bond acceptors (Lipinski definition) is 3. The molecule has 26 heavy (non-hydrogen) atoms. The normalized spacial score (nSPS) is 10.6. The third-order valence-corrected chi connectivity index (χ3v) is 4.06. The van der Waals surface area contributed by atoms with E-state index in [1.54, 1.807) is 31.2 Å². The average molecular weight is 368 g/mol. The summed E-state index contributed by atoms with van der Waals surface area (Å²) in [5, 5.41) is 3.35. The zero-order valence-electron chi connectivity index (χ0n) is 14.5. The Morgan fingerprint density at radius 3 is 2.62 bits per heavy atom. The standard InChI is InChI=1S/C20H18ClN3O2/c1-13-5-3-8-17(9-13)23-18(25)12-24-19(26)10-14(2)22-20(24)15-6-4-7-16(21)11-15/h3-11H,12H2,1-2H3,(H,23,25). The van der Waals surface area contributed by atoms with Crippen molar-refractivity contribution < 1.29 is 4.79 Å². The third-order valence-electron chi connectivity index (χ3n) is 3.82. The first-order valence-electron chi connectivity index (χ1n) is 8.13. The van der Waals surface area contributed by atoms with Crippen molar-refractivity contribution in [3.8, 4) is 11.4 Å². The van der Waals surface area contributed by atoms with E-state index in [2.05, 4.69) is 10.3 Å². The molecule has 0 aliphatic rings. The molecule has 0 bridgehead atoms. The van der Waals surface area contributed by atoms with Crippen molar-refractivity contribution in [1.29, 1.82) is 0 Å². The minimum absolute atomic E-state index is 0.137. The highest BCUT2D eigenvalue weighted by Crippen LogP contribution is 2.20. The molecule has 5 nitrogen and oxygen atoms in total. The number of nitrogens with one attached hydrogen (secondary N) is 1. The van der Waals surface area contributed by atoms with E-state index in [1.165, 1.54) is 10.6 Å². The van der Waals surface area contributed by atoms with Gasteiger partial charge in [0.25, 0.3) is 5.56 Å². The Hall–Kier alpha value is -2.92. The maximum atomic E-state index is 12.5. The summed E-state index contributed by atoms with van der Waals surface area (Å²) in [6.45, 7) is 3.55. The molecule has 3 aromatic rings. The molecule has 0 radical (unpaired) electrons. The molecular formula is C20H18ClN3O2. The van der Waals surface area contributed by atoms with Crippen LogP contribution in [0.3, 0.4) is 0 Å². The number of nitrogens with zero attached hydrogens (tertiary/aromatic N) is 2. The first-order chi connectivity index (χ1) is 12.4. The van der Waals surface area contributed by atoms with Crippen LogP contribution in [0.15, 0.2) is 59.4 Å². The zero-order chi connectivity index (χ0) is 18.7. The average Bonchev–Trinajstić information content (AvgIpc) is 2.57. The van der Waals surface area contributed by atoms with Gasteiger partial charge in [-0.15, -0.1) is 0 Å². The number of carbonyl (C=O) groups is 1. The summed E-state index contributed by atoms with van der Waals surface area (Å²) in [4.78, 5) is 29.4. The molecule has 1 amide bonds. The third kappa shape index (κ3) is 4.18. The molecule has 1 heterocycles. The van der Waals surface area contributed by atoms with Crippen molar-refractivity contribution >= 4 is 23.2 Å². The van der Waals surface area contributed by atoms with Gasteiger partial charge in [-0.2, -0.15) is 0 Å². The second kappa shape index (κ2) is 7.54. The first kappa shape index (κ1) is 17.9. The molecule has 3 rings (SSSR count). The summed E-state index contributed by atoms with van der Waals surface area (Å²) in [5.74, 6) is 0.114. The molecule has 0 spiro atoms. The van der Waals surface area contributed by atoms with Gasteiger partial charge in [0.1, 0.15) is 12.4 Å². The molecule has 1 aromatic heterocycles. The number of rotatable bonds is 4. The van der Waals surface area contributed by atoms with Crippen molar-refractivity contribution in [2.45, 2.75) is 20.4 Å². The molecule has 1 N–H and O–H groups in total. The second-order valence-corrected chi connectivity index (χ2v) is 6.51. The van der Waals surface area contributed by atoms with Crippen LogP contribution in [0.25, 0.3) is 11.4 Å². The Labute approximate surface area is 156 Å². The maximum Gasteiger partial charge on any atom is 0.254 e. The highest BCUT2D eigenvalue weighted by Gasteiger charge is 2.13. The highest BCUT2D eigenvalue weighted by atomic mass is 35.5. The molecule has 0 unspecified atom stereocenters. The van der Waals surface area contributed by atoms with Crippen LogP contribution < -0.4 is 10.9 Å². The van der Waals surface area contributed by atoms with Gasteiger partial charge in [-0.1, -0.05) is 35.9 Å². The minimum atomic E-state index is -0.299. The Bertz CT molecular complexity index is 1030. The number of benzene rings is 2. The van der Waals surface area contributed by atoms with Crippen LogP contribution in [0.1, 0.15) is 11.3 Å². The summed E-state index contributed by atoms with van der Waals surface area (Å²) in [6.07, 6.45) is 0. The van der Waals surface area contributed by atoms with Gasteiger partial charge in [0.05, 0.1) is 0 Å². The highest BCUT2D eigenvalue weighted by molar-refractivity contribution is 6.30. The second-order valence-electron chi connectivity index (χ2n) is 6.07. The summed E-state index contributed by atoms with van der Waals surface area (Å²) < 4.78 is 1.35. The van der Waals surface area contributed by atoms with E-state index in [9.17, 15) is 9.59 Å². The van der Waals surface area contributed by atoms with E-state index in [-0.39, 0.29) is 18.0 Å². The van der Waals surface area contributed by atoms with Crippen LogP contribution in [0.5, 0.6) is 0 Å². The summed E-state index contributed by atoms with van der Waals surface area (Å²) in [5.41, 5.74) is 2.71. The fraction of sp³-hybridized carbons (Fsp3) is 0.150. The molecular weight excluding hydrogens is 350 g/mol. The van der Waals surface area contributed by atoms with Gasteiger partial charge < -0.3 is 5.32 Å². The van der Waals surface area contributed by atoms with Crippen molar-refractivity contribution in [3.05, 3.63) is 81.2 Å². The van der Waals surface area contributed by atoms with Crippen LogP contribution in [0, 0.1) is 13.8 Å². The number of amides is 1. The quantitative estimate of drug-likeness (QED) is 0.762. The molecule has 0 atom stereocenters. The lowest BCUT2D eigenvalue weighted by atomic mass is 10.2. The number of halogens is 1. The Balaban J connectivity index is 1.94. The Kier molecular flexibility index (Phi) is 5.19. The Morgan fingerprint density at radius 2 is 1.88 bits per heavy atom. The van der Waals surface area contributed by atoms with Gasteiger partial charge in [0, 0.05) is 28.0 Å². The Morgan fingerprint density at radius 1 is 1.12 bits per heavy atom. The summed E-state index contributed by atoms with van der Waals surface area (Å²) >= 11 is 6.06. The predicted molar refractivity (Wildman–Crippen MR) is 103 cm³/mol. The smallest absolute Gasteiger partial charge is 0.254 e. The predicted octanol–water partition coefficient (Wildman–Crippen LogP) is 3.82. The molecule has 0 saturated heterocycles. The van der Waals surface area contributed by atoms with E-state index in [4.69, 9.17) is 11.6 Å². The molecule has 2 aromatic carbocycles. The first-order valence-corrected chi connectivity index (χ1v) is 8.51. The van der Waals surface area contributed by atoms with Gasteiger partial charge in [-0.3, -0.25) is 14.2 Å². The maximum absolute atomic E-state index is 12.5. The van der Waals surface area contributed by atoms with Crippen molar-refractivity contribution in [2.24, 2.45) is 0 Å².